The van der Waals surface area contributed by atoms with Gasteiger partial charge in [0.1, 0.15) is 11.4 Å². The maximum atomic E-state index is 12.1. The van der Waals surface area contributed by atoms with Gasteiger partial charge in [0.25, 0.3) is 5.91 Å². The number of amidine groups is 1. The molecule has 1 fully saturated rings. The molecule has 25 heavy (non-hydrogen) atoms. The summed E-state index contributed by atoms with van der Waals surface area (Å²) in [5.74, 6) is -1.25. The number of aromatic carboxylic acids is 1. The number of hydrogen-bond acceptors (Lipinski definition) is 5. The highest BCUT2D eigenvalue weighted by Crippen LogP contribution is 2.33. The number of aryl methyl sites for hydroxylation is 1. The van der Waals surface area contributed by atoms with Gasteiger partial charge in [-0.15, -0.1) is 0 Å². The van der Waals surface area contributed by atoms with E-state index in [2.05, 4.69) is 10.3 Å². The van der Waals surface area contributed by atoms with Crippen LogP contribution in [0.1, 0.15) is 21.5 Å². The summed E-state index contributed by atoms with van der Waals surface area (Å²) < 4.78 is 0. The van der Waals surface area contributed by atoms with E-state index in [1.807, 2.05) is 13.0 Å². The molecule has 0 spiro atoms. The number of benzene rings is 2. The molecule has 0 bridgehead atoms. The molecule has 0 radical (unpaired) electrons. The lowest BCUT2D eigenvalue weighted by molar-refractivity contribution is -0.115. The Hall–Kier alpha value is -3.06. The van der Waals surface area contributed by atoms with Crippen molar-refractivity contribution in [1.82, 2.24) is 5.32 Å². The Bertz CT molecular complexity index is 897. The Morgan fingerprint density at radius 1 is 1.20 bits per heavy atom. The van der Waals surface area contributed by atoms with E-state index in [9.17, 15) is 14.7 Å². The van der Waals surface area contributed by atoms with Gasteiger partial charge in [0, 0.05) is 0 Å². The van der Waals surface area contributed by atoms with E-state index in [0.29, 0.717) is 21.3 Å². The van der Waals surface area contributed by atoms with Gasteiger partial charge in [-0.1, -0.05) is 24.3 Å². The SMILES string of the molecule is Cc1cccc(O)c1N=C1NC(=O)/C(=C/c2ccc(C(=O)O)cc2)S1. The molecule has 1 heterocycles. The van der Waals surface area contributed by atoms with Gasteiger partial charge in [-0.2, -0.15) is 0 Å². The quantitative estimate of drug-likeness (QED) is 0.735. The number of carboxylic acid groups (broad SMARTS) is 1. The molecule has 1 aliphatic heterocycles. The zero-order valence-corrected chi connectivity index (χ0v) is 14.0. The Labute approximate surface area is 147 Å². The molecule has 3 rings (SSSR count). The second kappa shape index (κ2) is 6.82. The summed E-state index contributed by atoms with van der Waals surface area (Å²) in [5.41, 5.74) is 2.10. The number of nitrogens with one attached hydrogen (secondary N) is 1. The molecule has 0 aromatic heterocycles. The van der Waals surface area contributed by atoms with Gasteiger partial charge in [-0.25, -0.2) is 9.79 Å². The minimum atomic E-state index is -1.00. The van der Waals surface area contributed by atoms with E-state index in [4.69, 9.17) is 5.11 Å². The van der Waals surface area contributed by atoms with Crippen LogP contribution in [0.3, 0.4) is 0 Å². The van der Waals surface area contributed by atoms with Crippen LogP contribution in [0.25, 0.3) is 6.08 Å². The van der Waals surface area contributed by atoms with Crippen molar-refractivity contribution in [3.05, 3.63) is 64.1 Å². The number of para-hydroxylation sites is 1. The molecule has 0 saturated carbocycles. The standard InChI is InChI=1S/C18H14N2O4S/c1-10-3-2-4-13(21)15(10)19-18-20-16(22)14(25-18)9-11-5-7-12(8-6-11)17(23)24/h2-9,21H,1H3,(H,23,24)(H,19,20,22)/b14-9-. The van der Waals surface area contributed by atoms with E-state index in [0.717, 1.165) is 17.3 Å². The first kappa shape index (κ1) is 16.8. The van der Waals surface area contributed by atoms with Crippen molar-refractivity contribution in [2.75, 3.05) is 0 Å². The van der Waals surface area contributed by atoms with Crippen LogP contribution < -0.4 is 5.32 Å². The van der Waals surface area contributed by atoms with Crippen LogP contribution in [0, 0.1) is 6.92 Å². The average molecular weight is 354 g/mol. The van der Waals surface area contributed by atoms with Crippen molar-refractivity contribution in [1.29, 1.82) is 0 Å². The minimum Gasteiger partial charge on any atom is -0.506 e. The third-order valence-electron chi connectivity index (χ3n) is 3.54. The Balaban J connectivity index is 1.85. The van der Waals surface area contributed by atoms with Gasteiger partial charge in [0.05, 0.1) is 10.5 Å². The molecule has 2 aromatic rings. The Kier molecular flexibility index (Phi) is 4.58. The van der Waals surface area contributed by atoms with Crippen molar-refractivity contribution in [3.63, 3.8) is 0 Å². The van der Waals surface area contributed by atoms with Crippen LogP contribution in [-0.4, -0.2) is 27.3 Å². The number of amides is 1. The lowest BCUT2D eigenvalue weighted by Gasteiger charge is -2.03. The smallest absolute Gasteiger partial charge is 0.335 e. The summed E-state index contributed by atoms with van der Waals surface area (Å²) in [4.78, 5) is 27.7. The molecule has 0 unspecified atom stereocenters. The highest BCUT2D eigenvalue weighted by Gasteiger charge is 2.24. The average Bonchev–Trinajstić information content (AvgIpc) is 2.91. The van der Waals surface area contributed by atoms with E-state index in [1.54, 1.807) is 24.3 Å². The highest BCUT2D eigenvalue weighted by atomic mass is 32.2. The molecular weight excluding hydrogens is 340 g/mol. The maximum Gasteiger partial charge on any atom is 0.335 e. The summed E-state index contributed by atoms with van der Waals surface area (Å²) in [5, 5.41) is 21.8. The number of carbonyl (C=O) groups excluding carboxylic acids is 1. The number of phenolic OH excluding ortho intramolecular Hbond substituents is 1. The zero-order valence-electron chi connectivity index (χ0n) is 13.2. The van der Waals surface area contributed by atoms with Gasteiger partial charge < -0.3 is 15.5 Å². The highest BCUT2D eigenvalue weighted by molar-refractivity contribution is 8.18. The van der Waals surface area contributed by atoms with Gasteiger partial charge in [-0.05, 0) is 54.1 Å². The molecule has 0 atom stereocenters. The zero-order chi connectivity index (χ0) is 18.0. The fourth-order valence-electron chi connectivity index (χ4n) is 2.24. The second-order valence-electron chi connectivity index (χ2n) is 5.35. The number of carboxylic acids is 1. The predicted octanol–water partition coefficient (Wildman–Crippen LogP) is 3.29. The normalized spacial score (nSPS) is 17.1. The first-order valence-electron chi connectivity index (χ1n) is 7.35. The monoisotopic (exact) mass is 354 g/mol. The van der Waals surface area contributed by atoms with Crippen LogP contribution in [0.4, 0.5) is 5.69 Å². The third-order valence-corrected chi connectivity index (χ3v) is 4.45. The first-order chi connectivity index (χ1) is 11.9. The van der Waals surface area contributed by atoms with Gasteiger partial charge in [0.15, 0.2) is 5.17 Å². The summed E-state index contributed by atoms with van der Waals surface area (Å²) in [7, 11) is 0. The molecule has 0 aliphatic carbocycles. The molecule has 1 amide bonds. The van der Waals surface area contributed by atoms with Crippen molar-refractivity contribution >= 4 is 40.6 Å². The van der Waals surface area contributed by atoms with E-state index < -0.39 is 5.97 Å². The third kappa shape index (κ3) is 3.72. The Morgan fingerprint density at radius 3 is 2.56 bits per heavy atom. The van der Waals surface area contributed by atoms with Crippen LogP contribution in [0.5, 0.6) is 5.75 Å². The lowest BCUT2D eigenvalue weighted by atomic mass is 10.1. The molecule has 1 saturated heterocycles. The number of aliphatic imine (C=N–C) groups is 1. The molecule has 126 valence electrons. The van der Waals surface area contributed by atoms with Crippen molar-refractivity contribution in [3.8, 4) is 5.75 Å². The van der Waals surface area contributed by atoms with Crippen molar-refractivity contribution < 1.29 is 19.8 Å². The largest absolute Gasteiger partial charge is 0.506 e. The van der Waals surface area contributed by atoms with E-state index in [-0.39, 0.29) is 17.2 Å². The topological polar surface area (TPSA) is 99.0 Å². The van der Waals surface area contributed by atoms with Crippen molar-refractivity contribution in [2.24, 2.45) is 4.99 Å². The Morgan fingerprint density at radius 2 is 1.92 bits per heavy atom. The van der Waals surface area contributed by atoms with Crippen LogP contribution in [0.2, 0.25) is 0 Å². The van der Waals surface area contributed by atoms with Crippen LogP contribution in [-0.2, 0) is 4.79 Å². The number of phenols is 1. The molecular formula is C18H14N2O4S. The number of carbonyl (C=O) groups is 2. The fraction of sp³-hybridized carbons (Fsp3) is 0.0556. The summed E-state index contributed by atoms with van der Waals surface area (Å²) in [6.45, 7) is 1.82. The van der Waals surface area contributed by atoms with Crippen molar-refractivity contribution in [2.45, 2.75) is 6.92 Å². The number of rotatable bonds is 3. The fourth-order valence-corrected chi connectivity index (χ4v) is 3.07. The molecule has 6 nitrogen and oxygen atoms in total. The number of nitrogens with zero attached hydrogens (tertiary/aromatic N) is 1. The minimum absolute atomic E-state index is 0.0454. The van der Waals surface area contributed by atoms with Gasteiger partial charge in [-0.3, -0.25) is 4.79 Å². The maximum absolute atomic E-state index is 12.1. The molecule has 7 heteroatoms. The van der Waals surface area contributed by atoms with Crippen LogP contribution in [0.15, 0.2) is 52.4 Å². The van der Waals surface area contributed by atoms with Gasteiger partial charge >= 0.3 is 5.97 Å². The lowest BCUT2D eigenvalue weighted by Crippen LogP contribution is -2.19. The number of hydrogen-bond donors (Lipinski definition) is 3. The van der Waals surface area contributed by atoms with Gasteiger partial charge in [0.2, 0.25) is 0 Å². The summed E-state index contributed by atoms with van der Waals surface area (Å²) >= 11 is 1.16. The van der Waals surface area contributed by atoms with E-state index >= 15 is 0 Å². The number of thioether (sulfide) groups is 1. The summed E-state index contributed by atoms with van der Waals surface area (Å²) in [6, 6.07) is 11.3. The van der Waals surface area contributed by atoms with E-state index in [1.165, 1.54) is 18.2 Å². The summed E-state index contributed by atoms with van der Waals surface area (Å²) in [6.07, 6.45) is 1.66. The molecule has 2 aromatic carbocycles. The number of aromatic hydroxyl groups is 1. The second-order valence-corrected chi connectivity index (χ2v) is 6.38. The first-order valence-corrected chi connectivity index (χ1v) is 8.17. The predicted molar refractivity (Wildman–Crippen MR) is 97.1 cm³/mol. The molecule has 3 N–H and O–H groups in total. The van der Waals surface area contributed by atoms with Crippen LogP contribution >= 0.6 is 11.8 Å². The molecule has 1 aliphatic rings.